The van der Waals surface area contributed by atoms with Crippen LogP contribution in [0.25, 0.3) is 0 Å². The minimum absolute atomic E-state index is 0.00365. The Morgan fingerprint density at radius 1 is 1.24 bits per heavy atom. The van der Waals surface area contributed by atoms with E-state index in [9.17, 15) is 8.42 Å². The lowest BCUT2D eigenvalue weighted by atomic mass is 10.3. The number of nitrogens with zero attached hydrogens (tertiary/aromatic N) is 1. The molecule has 2 aromatic rings. The van der Waals surface area contributed by atoms with E-state index < -0.39 is 10.0 Å². The highest BCUT2D eigenvalue weighted by Gasteiger charge is 2.27. The first-order valence-corrected chi connectivity index (χ1v) is 9.06. The van der Waals surface area contributed by atoms with Crippen molar-refractivity contribution in [2.45, 2.75) is 11.4 Å². The first-order chi connectivity index (χ1) is 9.71. The third-order valence-electron chi connectivity index (χ3n) is 2.71. The fraction of sp³-hybridized carbons (Fsp3) is 0.167. The fourth-order valence-electron chi connectivity index (χ4n) is 1.75. The number of nitrogens with two attached hydrogens (primary N) is 1. The number of nitrogen functional groups attached to an aromatic ring is 1. The Hall–Kier alpha value is -0.500. The summed E-state index contributed by atoms with van der Waals surface area (Å²) in [6.45, 7) is 0.179. The van der Waals surface area contributed by atoms with E-state index in [1.807, 2.05) is 0 Å². The summed E-state index contributed by atoms with van der Waals surface area (Å²) in [5.41, 5.74) is 5.77. The zero-order valence-corrected chi connectivity index (χ0v) is 14.7. The van der Waals surface area contributed by atoms with Gasteiger partial charge in [0.05, 0.1) is 15.0 Å². The Balaban J connectivity index is 2.38. The smallest absolute Gasteiger partial charge is 0.246 e. The van der Waals surface area contributed by atoms with Gasteiger partial charge in [-0.05, 0) is 24.3 Å². The van der Waals surface area contributed by atoms with Crippen LogP contribution in [-0.4, -0.2) is 19.8 Å². The second-order valence-electron chi connectivity index (χ2n) is 4.27. The lowest BCUT2D eigenvalue weighted by Crippen LogP contribution is -2.27. The van der Waals surface area contributed by atoms with E-state index >= 15 is 0 Å². The average Bonchev–Trinajstić information content (AvgIpc) is 2.72. The van der Waals surface area contributed by atoms with Gasteiger partial charge in [0.1, 0.15) is 4.90 Å². The zero-order valence-electron chi connectivity index (χ0n) is 10.8. The molecule has 0 fully saturated rings. The van der Waals surface area contributed by atoms with Gasteiger partial charge in [-0.3, -0.25) is 0 Å². The molecule has 2 rings (SSSR count). The highest BCUT2D eigenvalue weighted by molar-refractivity contribution is 7.89. The second kappa shape index (κ2) is 6.32. The van der Waals surface area contributed by atoms with Gasteiger partial charge in [0.25, 0.3) is 0 Å². The molecule has 0 bridgehead atoms. The maximum absolute atomic E-state index is 12.6. The van der Waals surface area contributed by atoms with E-state index in [4.69, 9.17) is 40.5 Å². The first kappa shape index (κ1) is 16.9. The molecule has 21 heavy (non-hydrogen) atoms. The van der Waals surface area contributed by atoms with Crippen molar-refractivity contribution in [3.05, 3.63) is 43.5 Å². The Morgan fingerprint density at radius 2 is 1.90 bits per heavy atom. The van der Waals surface area contributed by atoms with E-state index in [-0.39, 0.29) is 27.2 Å². The second-order valence-corrected chi connectivity index (χ2v) is 8.90. The largest absolute Gasteiger partial charge is 0.398 e. The molecule has 0 aliphatic carbocycles. The summed E-state index contributed by atoms with van der Waals surface area (Å²) in [6, 6.07) is 6.19. The van der Waals surface area contributed by atoms with Gasteiger partial charge in [-0.25, -0.2) is 8.42 Å². The molecule has 0 amide bonds. The molecule has 0 atom stereocenters. The predicted molar refractivity (Wildman–Crippen MR) is 88.9 cm³/mol. The molecular weight excluding hydrogens is 375 g/mol. The number of hydrogen-bond acceptors (Lipinski definition) is 4. The van der Waals surface area contributed by atoms with Crippen molar-refractivity contribution in [2.75, 3.05) is 12.8 Å². The van der Waals surface area contributed by atoms with Gasteiger partial charge >= 0.3 is 0 Å². The Morgan fingerprint density at radius 3 is 2.43 bits per heavy atom. The summed E-state index contributed by atoms with van der Waals surface area (Å²) in [7, 11) is -2.37. The van der Waals surface area contributed by atoms with Crippen molar-refractivity contribution in [1.82, 2.24) is 4.31 Å². The molecule has 0 aliphatic heterocycles. The standard InChI is InChI=1S/C12H11Cl3N2O2S2/c1-17(6-8-2-3-11(15)20-8)21(18,19)12-9(14)4-7(13)5-10(12)16/h2-5H,6,16H2,1H3. The van der Waals surface area contributed by atoms with E-state index in [1.54, 1.807) is 12.1 Å². The van der Waals surface area contributed by atoms with Crippen LogP contribution in [0.3, 0.4) is 0 Å². The highest BCUT2D eigenvalue weighted by atomic mass is 35.5. The summed E-state index contributed by atoms with van der Waals surface area (Å²) < 4.78 is 26.9. The molecule has 2 N–H and O–H groups in total. The van der Waals surface area contributed by atoms with Crippen LogP contribution in [0.15, 0.2) is 29.2 Å². The highest BCUT2D eigenvalue weighted by Crippen LogP contribution is 2.33. The Kier molecular flexibility index (Phi) is 5.07. The predicted octanol–water partition coefficient (Wildman–Crippen LogP) is 4.11. The number of hydrogen-bond donors (Lipinski definition) is 1. The summed E-state index contributed by atoms with van der Waals surface area (Å²) in [5, 5.41) is 0.278. The SMILES string of the molecule is CN(Cc1ccc(Cl)s1)S(=O)(=O)c1c(N)cc(Cl)cc1Cl. The average molecular weight is 386 g/mol. The zero-order chi connectivity index (χ0) is 15.8. The molecule has 0 spiro atoms. The van der Waals surface area contributed by atoms with Gasteiger partial charge in [-0.2, -0.15) is 4.31 Å². The molecule has 0 radical (unpaired) electrons. The minimum Gasteiger partial charge on any atom is -0.398 e. The van der Waals surface area contributed by atoms with Crippen molar-refractivity contribution in [3.63, 3.8) is 0 Å². The van der Waals surface area contributed by atoms with E-state index in [0.29, 0.717) is 4.34 Å². The summed E-state index contributed by atoms with van der Waals surface area (Å²) in [6.07, 6.45) is 0. The van der Waals surface area contributed by atoms with E-state index in [0.717, 1.165) is 4.88 Å². The minimum atomic E-state index is -3.82. The van der Waals surface area contributed by atoms with Gasteiger partial charge in [0.15, 0.2) is 0 Å². The molecule has 0 saturated heterocycles. The summed E-state index contributed by atoms with van der Waals surface area (Å²) >= 11 is 18.9. The van der Waals surface area contributed by atoms with Gasteiger partial charge in [0, 0.05) is 23.5 Å². The summed E-state index contributed by atoms with van der Waals surface area (Å²) in [5.74, 6) is 0. The molecule has 1 aromatic heterocycles. The normalized spacial score (nSPS) is 12.0. The van der Waals surface area contributed by atoms with Crippen LogP contribution in [0.1, 0.15) is 4.88 Å². The number of rotatable bonds is 4. The molecule has 9 heteroatoms. The number of anilines is 1. The van der Waals surface area contributed by atoms with Crippen molar-refractivity contribution in [3.8, 4) is 0 Å². The van der Waals surface area contributed by atoms with Crippen molar-refractivity contribution in [2.24, 2.45) is 0 Å². The van der Waals surface area contributed by atoms with Crippen molar-refractivity contribution < 1.29 is 8.42 Å². The Bertz CT molecular complexity index is 752. The number of halogens is 3. The molecule has 1 aromatic carbocycles. The fourth-order valence-corrected chi connectivity index (χ4v) is 5.06. The molecule has 0 aliphatic rings. The topological polar surface area (TPSA) is 63.4 Å². The number of benzene rings is 1. The molecule has 114 valence electrons. The van der Waals surface area contributed by atoms with Crippen LogP contribution in [-0.2, 0) is 16.6 Å². The first-order valence-electron chi connectivity index (χ1n) is 5.67. The third kappa shape index (κ3) is 3.64. The van der Waals surface area contributed by atoms with E-state index in [1.165, 1.54) is 34.8 Å². The van der Waals surface area contributed by atoms with Crippen LogP contribution >= 0.6 is 46.1 Å². The number of sulfonamides is 1. The summed E-state index contributed by atoms with van der Waals surface area (Å²) in [4.78, 5) is 0.674. The van der Waals surface area contributed by atoms with Gasteiger partial charge in [-0.15, -0.1) is 11.3 Å². The van der Waals surface area contributed by atoms with Crippen molar-refractivity contribution in [1.29, 1.82) is 0 Å². The van der Waals surface area contributed by atoms with Gasteiger partial charge in [-0.1, -0.05) is 34.8 Å². The van der Waals surface area contributed by atoms with Gasteiger partial charge in [0.2, 0.25) is 10.0 Å². The quantitative estimate of drug-likeness (QED) is 0.805. The molecule has 4 nitrogen and oxygen atoms in total. The molecular formula is C12H11Cl3N2O2S2. The maximum Gasteiger partial charge on any atom is 0.246 e. The lowest BCUT2D eigenvalue weighted by molar-refractivity contribution is 0.470. The lowest BCUT2D eigenvalue weighted by Gasteiger charge is -2.18. The molecule has 0 saturated carbocycles. The van der Waals surface area contributed by atoms with E-state index in [2.05, 4.69) is 0 Å². The number of thiophene rings is 1. The van der Waals surface area contributed by atoms with Crippen LogP contribution in [0, 0.1) is 0 Å². The van der Waals surface area contributed by atoms with Crippen molar-refractivity contribution >= 4 is 61.9 Å². The van der Waals surface area contributed by atoms with Crippen LogP contribution in [0.5, 0.6) is 0 Å². The Labute approximate surface area is 142 Å². The van der Waals surface area contributed by atoms with Gasteiger partial charge < -0.3 is 5.73 Å². The molecule has 1 heterocycles. The van der Waals surface area contributed by atoms with Crippen LogP contribution in [0.2, 0.25) is 14.4 Å². The maximum atomic E-state index is 12.6. The van der Waals surface area contributed by atoms with Crippen LogP contribution in [0.4, 0.5) is 5.69 Å². The molecule has 0 unspecified atom stereocenters. The monoisotopic (exact) mass is 384 g/mol. The van der Waals surface area contributed by atoms with Crippen LogP contribution < -0.4 is 5.73 Å². The third-order valence-corrected chi connectivity index (χ3v) is 6.48.